The summed E-state index contributed by atoms with van der Waals surface area (Å²) in [5, 5.41) is 16.7. The second-order valence-corrected chi connectivity index (χ2v) is 2.20. The van der Waals surface area contributed by atoms with Crippen molar-refractivity contribution >= 4 is 17.1 Å². The summed E-state index contributed by atoms with van der Waals surface area (Å²) in [5.74, 6) is -1.13. The SMILES string of the molecule is [C-]#[N+]C([N+]#[C-])C(=S)C(C#N)C#N. The molecular formula is C7H2N4S. The van der Waals surface area contributed by atoms with Crippen LogP contribution in [0, 0.1) is 41.7 Å². The van der Waals surface area contributed by atoms with Gasteiger partial charge in [-0.1, -0.05) is 12.2 Å². The molecule has 0 saturated carbocycles. The van der Waals surface area contributed by atoms with Gasteiger partial charge in [0.1, 0.15) is 0 Å². The van der Waals surface area contributed by atoms with Crippen LogP contribution in [-0.2, 0) is 0 Å². The van der Waals surface area contributed by atoms with Crippen molar-refractivity contribution in [1.82, 2.24) is 0 Å². The molecule has 0 amide bonds. The van der Waals surface area contributed by atoms with Crippen molar-refractivity contribution in [3.8, 4) is 12.1 Å². The highest BCUT2D eigenvalue weighted by atomic mass is 32.1. The summed E-state index contributed by atoms with van der Waals surface area (Å²) in [6, 6.07) is 3.22. The van der Waals surface area contributed by atoms with Gasteiger partial charge >= 0.3 is 6.17 Å². The maximum absolute atomic E-state index is 8.37. The lowest BCUT2D eigenvalue weighted by atomic mass is 10.1. The van der Waals surface area contributed by atoms with Crippen LogP contribution >= 0.6 is 12.2 Å². The van der Waals surface area contributed by atoms with Crippen molar-refractivity contribution in [3.63, 3.8) is 0 Å². The Bertz CT molecular complexity index is 284. The van der Waals surface area contributed by atoms with Gasteiger partial charge in [-0.25, -0.2) is 22.8 Å². The van der Waals surface area contributed by atoms with Crippen LogP contribution in [0.3, 0.4) is 0 Å². The summed E-state index contributed by atoms with van der Waals surface area (Å²) < 4.78 is 0. The van der Waals surface area contributed by atoms with Crippen LogP contribution in [0.4, 0.5) is 0 Å². The average molecular weight is 174 g/mol. The standard InChI is InChI=1S/C7H2N4S/c1-10-7(11-2)6(12)5(3-8)4-9/h5,7H. The number of thiocarbonyl (C=S) groups is 1. The molecule has 0 aliphatic carbocycles. The highest BCUT2D eigenvalue weighted by Gasteiger charge is 2.31. The predicted molar refractivity (Wildman–Crippen MR) is 44.3 cm³/mol. The normalized spacial score (nSPS) is 7.83. The van der Waals surface area contributed by atoms with Crippen molar-refractivity contribution in [2.45, 2.75) is 6.17 Å². The summed E-state index contributed by atoms with van der Waals surface area (Å²) in [7, 11) is 0. The minimum Gasteiger partial charge on any atom is -0.228 e. The van der Waals surface area contributed by atoms with E-state index in [0.717, 1.165) is 0 Å². The predicted octanol–water partition coefficient (Wildman–Crippen LogP) is 1.18. The van der Waals surface area contributed by atoms with E-state index in [-0.39, 0.29) is 4.86 Å². The lowest BCUT2D eigenvalue weighted by Gasteiger charge is -1.94. The zero-order valence-electron chi connectivity index (χ0n) is 5.85. The molecular weight excluding hydrogens is 172 g/mol. The van der Waals surface area contributed by atoms with Crippen LogP contribution in [0.5, 0.6) is 0 Å². The van der Waals surface area contributed by atoms with Crippen molar-refractivity contribution in [2.24, 2.45) is 5.92 Å². The third-order valence-corrected chi connectivity index (χ3v) is 1.49. The van der Waals surface area contributed by atoms with Crippen LogP contribution in [0.15, 0.2) is 0 Å². The first-order valence-electron chi connectivity index (χ1n) is 2.77. The molecule has 0 unspecified atom stereocenters. The van der Waals surface area contributed by atoms with E-state index in [1.807, 2.05) is 0 Å². The number of nitrogens with zero attached hydrogens (tertiary/aromatic N) is 4. The molecule has 0 aromatic heterocycles. The lowest BCUT2D eigenvalue weighted by molar-refractivity contribution is 1.11. The second kappa shape index (κ2) is 4.80. The Morgan fingerprint density at radius 1 is 1.25 bits per heavy atom. The maximum Gasteiger partial charge on any atom is 0.510 e. The summed E-state index contributed by atoms with van der Waals surface area (Å²) in [6.07, 6.45) is -1.18. The molecule has 0 spiro atoms. The van der Waals surface area contributed by atoms with Gasteiger partial charge in [0.2, 0.25) is 0 Å². The second-order valence-electron chi connectivity index (χ2n) is 1.73. The first-order chi connectivity index (χ1) is 5.71. The van der Waals surface area contributed by atoms with E-state index in [1.54, 1.807) is 12.1 Å². The Morgan fingerprint density at radius 2 is 1.67 bits per heavy atom. The van der Waals surface area contributed by atoms with E-state index in [1.165, 1.54) is 0 Å². The van der Waals surface area contributed by atoms with Gasteiger partial charge in [-0.15, -0.1) is 0 Å². The van der Waals surface area contributed by atoms with E-state index in [0.29, 0.717) is 0 Å². The Labute approximate surface area is 75.3 Å². The van der Waals surface area contributed by atoms with E-state index < -0.39 is 12.1 Å². The van der Waals surface area contributed by atoms with Crippen molar-refractivity contribution < 1.29 is 0 Å². The number of rotatable bonds is 2. The first-order valence-corrected chi connectivity index (χ1v) is 3.18. The molecule has 0 aromatic carbocycles. The van der Waals surface area contributed by atoms with Crippen molar-refractivity contribution in [1.29, 1.82) is 10.5 Å². The molecule has 0 aliphatic heterocycles. The fourth-order valence-electron chi connectivity index (χ4n) is 0.461. The zero-order chi connectivity index (χ0) is 9.56. The molecule has 5 heteroatoms. The number of nitriles is 2. The van der Waals surface area contributed by atoms with Gasteiger partial charge in [-0.05, 0) is 0 Å². The van der Waals surface area contributed by atoms with Gasteiger partial charge in [0.05, 0.1) is 12.1 Å². The molecule has 0 N–H and O–H groups in total. The molecule has 0 bridgehead atoms. The highest BCUT2D eigenvalue weighted by molar-refractivity contribution is 7.80. The van der Waals surface area contributed by atoms with Gasteiger partial charge < -0.3 is 0 Å². The largest absolute Gasteiger partial charge is 0.510 e. The van der Waals surface area contributed by atoms with Crippen LogP contribution in [0.25, 0.3) is 9.69 Å². The fourth-order valence-corrected chi connectivity index (χ4v) is 0.672. The number of hydrogen-bond acceptors (Lipinski definition) is 3. The monoisotopic (exact) mass is 174 g/mol. The molecule has 0 atom stereocenters. The molecule has 0 radical (unpaired) electrons. The van der Waals surface area contributed by atoms with E-state index in [9.17, 15) is 0 Å². The molecule has 0 saturated heterocycles. The summed E-state index contributed by atoms with van der Waals surface area (Å²) >= 11 is 4.62. The third kappa shape index (κ3) is 2.03. The Balaban J connectivity index is 4.68. The molecule has 56 valence electrons. The summed E-state index contributed by atoms with van der Waals surface area (Å²) in [5.41, 5.74) is 0. The average Bonchev–Trinajstić information content (AvgIpc) is 2.09. The molecule has 12 heavy (non-hydrogen) atoms. The van der Waals surface area contributed by atoms with Crippen LogP contribution < -0.4 is 0 Å². The van der Waals surface area contributed by atoms with E-state index in [4.69, 9.17) is 23.7 Å². The Kier molecular flexibility index (Phi) is 4.02. The lowest BCUT2D eigenvalue weighted by Crippen LogP contribution is -2.18. The van der Waals surface area contributed by atoms with Gasteiger partial charge in [0.15, 0.2) is 10.8 Å². The van der Waals surface area contributed by atoms with Crippen molar-refractivity contribution in [3.05, 3.63) is 22.8 Å². The summed E-state index contributed by atoms with van der Waals surface area (Å²) in [6.45, 7) is 13.1. The number of hydrogen-bond donors (Lipinski definition) is 0. The van der Waals surface area contributed by atoms with Gasteiger partial charge in [-0.2, -0.15) is 10.5 Å². The third-order valence-electron chi connectivity index (χ3n) is 1.04. The maximum atomic E-state index is 8.37. The smallest absolute Gasteiger partial charge is 0.228 e. The van der Waals surface area contributed by atoms with Crippen LogP contribution in [-0.4, -0.2) is 11.0 Å². The van der Waals surface area contributed by atoms with Crippen LogP contribution in [0.1, 0.15) is 0 Å². The Morgan fingerprint density at radius 3 is 1.92 bits per heavy atom. The molecule has 0 rings (SSSR count). The molecule has 0 fully saturated rings. The first kappa shape index (κ1) is 10.0. The van der Waals surface area contributed by atoms with E-state index in [2.05, 4.69) is 21.9 Å². The van der Waals surface area contributed by atoms with Gasteiger partial charge in [0, 0.05) is 0 Å². The minimum absolute atomic E-state index is 0.106. The topological polar surface area (TPSA) is 56.3 Å². The van der Waals surface area contributed by atoms with E-state index >= 15 is 0 Å². The molecule has 0 aliphatic rings. The highest BCUT2D eigenvalue weighted by Crippen LogP contribution is 2.06. The molecule has 0 heterocycles. The Hall–Kier alpha value is -1.95. The zero-order valence-corrected chi connectivity index (χ0v) is 6.67. The van der Waals surface area contributed by atoms with Gasteiger partial charge in [0.25, 0.3) is 0 Å². The molecule has 4 nitrogen and oxygen atoms in total. The minimum atomic E-state index is -1.18. The van der Waals surface area contributed by atoms with Crippen molar-refractivity contribution in [2.75, 3.05) is 0 Å². The van der Waals surface area contributed by atoms with Crippen LogP contribution in [0.2, 0.25) is 0 Å². The fraction of sp³-hybridized carbons (Fsp3) is 0.286. The quantitative estimate of drug-likeness (QED) is 0.466. The summed E-state index contributed by atoms with van der Waals surface area (Å²) in [4.78, 5) is 5.64. The van der Waals surface area contributed by atoms with Gasteiger partial charge in [-0.3, -0.25) is 0 Å². The molecule has 0 aromatic rings.